The topological polar surface area (TPSA) is 56.1 Å². The van der Waals surface area contributed by atoms with Crippen LogP contribution in [0.2, 0.25) is 0 Å². The standard InChI is InChI=1S/C23H28FN3O3/c1-16-5-8-21-25-23(18-6-7-19(24)17(2)13-18)20(27(21)15-16)14-22(28)26(9-11-29-3)10-12-30-4/h5-8,13,15H,9-12,14H2,1-4H3. The zero-order chi connectivity index (χ0) is 21.7. The number of ether oxygens (including phenoxy) is 2. The van der Waals surface area contributed by atoms with E-state index in [1.807, 2.05) is 29.7 Å². The Labute approximate surface area is 176 Å². The molecule has 3 rings (SSSR count). The second-order valence-electron chi connectivity index (χ2n) is 7.35. The third-order valence-electron chi connectivity index (χ3n) is 5.10. The van der Waals surface area contributed by atoms with Gasteiger partial charge in [-0.05, 0) is 49.2 Å². The monoisotopic (exact) mass is 413 g/mol. The minimum absolute atomic E-state index is 0.0347. The summed E-state index contributed by atoms with van der Waals surface area (Å²) >= 11 is 0. The lowest BCUT2D eigenvalue weighted by Crippen LogP contribution is -2.37. The Balaban J connectivity index is 2.02. The van der Waals surface area contributed by atoms with Gasteiger partial charge in [-0.25, -0.2) is 9.37 Å². The normalized spacial score (nSPS) is 11.2. The van der Waals surface area contributed by atoms with E-state index < -0.39 is 0 Å². The van der Waals surface area contributed by atoms with Crippen molar-refractivity contribution in [2.75, 3.05) is 40.5 Å². The van der Waals surface area contributed by atoms with E-state index in [0.29, 0.717) is 37.6 Å². The number of benzene rings is 1. The van der Waals surface area contributed by atoms with Crippen LogP contribution in [0, 0.1) is 19.7 Å². The van der Waals surface area contributed by atoms with Gasteiger partial charge >= 0.3 is 0 Å². The highest BCUT2D eigenvalue weighted by Gasteiger charge is 2.21. The van der Waals surface area contributed by atoms with Gasteiger partial charge in [-0.1, -0.05) is 6.07 Å². The summed E-state index contributed by atoms with van der Waals surface area (Å²) in [5, 5.41) is 0. The minimum atomic E-state index is -0.263. The molecule has 0 N–H and O–H groups in total. The largest absolute Gasteiger partial charge is 0.383 e. The Bertz CT molecular complexity index is 1020. The van der Waals surface area contributed by atoms with Gasteiger partial charge in [0.1, 0.15) is 11.5 Å². The van der Waals surface area contributed by atoms with Gasteiger partial charge in [0.25, 0.3) is 0 Å². The summed E-state index contributed by atoms with van der Waals surface area (Å²) < 4.78 is 26.1. The molecular formula is C23H28FN3O3. The van der Waals surface area contributed by atoms with Crippen molar-refractivity contribution in [3.8, 4) is 11.3 Å². The number of methoxy groups -OCH3 is 2. The summed E-state index contributed by atoms with van der Waals surface area (Å²) in [6, 6.07) is 8.83. The van der Waals surface area contributed by atoms with Gasteiger partial charge in [0.05, 0.1) is 31.0 Å². The van der Waals surface area contributed by atoms with E-state index >= 15 is 0 Å². The fourth-order valence-electron chi connectivity index (χ4n) is 3.41. The minimum Gasteiger partial charge on any atom is -0.383 e. The predicted octanol–water partition coefficient (Wildman–Crippen LogP) is 3.42. The van der Waals surface area contributed by atoms with Gasteiger partial charge in [0.15, 0.2) is 0 Å². The molecule has 30 heavy (non-hydrogen) atoms. The van der Waals surface area contributed by atoms with Crippen LogP contribution in [0.4, 0.5) is 4.39 Å². The number of hydrogen-bond donors (Lipinski definition) is 0. The number of aryl methyl sites for hydroxylation is 2. The first-order chi connectivity index (χ1) is 14.4. The maximum absolute atomic E-state index is 13.8. The lowest BCUT2D eigenvalue weighted by atomic mass is 10.1. The quantitative estimate of drug-likeness (QED) is 0.539. The maximum atomic E-state index is 13.8. The van der Waals surface area contributed by atoms with Crippen LogP contribution in [0.15, 0.2) is 36.5 Å². The van der Waals surface area contributed by atoms with Crippen LogP contribution in [0.25, 0.3) is 16.9 Å². The molecule has 0 radical (unpaired) electrons. The number of pyridine rings is 1. The fraction of sp³-hybridized carbons (Fsp3) is 0.391. The molecule has 0 spiro atoms. The summed E-state index contributed by atoms with van der Waals surface area (Å²) in [5.74, 6) is -0.297. The zero-order valence-electron chi connectivity index (χ0n) is 17.9. The summed E-state index contributed by atoms with van der Waals surface area (Å²) in [6.07, 6.45) is 2.14. The van der Waals surface area contributed by atoms with E-state index in [9.17, 15) is 9.18 Å². The van der Waals surface area contributed by atoms with E-state index in [1.54, 1.807) is 38.2 Å². The van der Waals surface area contributed by atoms with Gasteiger partial charge < -0.3 is 18.8 Å². The molecule has 0 saturated heterocycles. The Hall–Kier alpha value is -2.77. The molecule has 7 heteroatoms. The number of carbonyl (C=O) groups excluding carboxylic acids is 1. The van der Waals surface area contributed by atoms with E-state index in [2.05, 4.69) is 0 Å². The number of aromatic nitrogens is 2. The molecule has 0 bridgehead atoms. The van der Waals surface area contributed by atoms with Crippen LogP contribution in [-0.4, -0.2) is 60.7 Å². The number of hydrogen-bond acceptors (Lipinski definition) is 4. The molecule has 0 aliphatic rings. The summed E-state index contributed by atoms with van der Waals surface area (Å²) in [7, 11) is 3.22. The number of rotatable bonds is 9. The highest BCUT2D eigenvalue weighted by atomic mass is 19.1. The molecule has 0 saturated carbocycles. The lowest BCUT2D eigenvalue weighted by molar-refractivity contribution is -0.131. The second-order valence-corrected chi connectivity index (χ2v) is 7.35. The van der Waals surface area contributed by atoms with Crippen molar-refractivity contribution >= 4 is 11.6 Å². The van der Waals surface area contributed by atoms with Crippen molar-refractivity contribution in [3.63, 3.8) is 0 Å². The molecule has 1 amide bonds. The van der Waals surface area contributed by atoms with Crippen LogP contribution >= 0.6 is 0 Å². The average Bonchev–Trinajstić information content (AvgIpc) is 3.07. The van der Waals surface area contributed by atoms with Gasteiger partial charge in [-0.15, -0.1) is 0 Å². The molecule has 0 atom stereocenters. The molecule has 0 aliphatic carbocycles. The molecule has 2 heterocycles. The van der Waals surface area contributed by atoms with Crippen molar-refractivity contribution in [3.05, 3.63) is 59.2 Å². The first kappa shape index (κ1) is 21.9. The van der Waals surface area contributed by atoms with E-state index in [4.69, 9.17) is 14.5 Å². The number of amides is 1. The van der Waals surface area contributed by atoms with Crippen LogP contribution < -0.4 is 0 Å². The molecule has 3 aromatic rings. The van der Waals surface area contributed by atoms with Crippen LogP contribution in [-0.2, 0) is 20.7 Å². The first-order valence-corrected chi connectivity index (χ1v) is 9.94. The average molecular weight is 413 g/mol. The lowest BCUT2D eigenvalue weighted by Gasteiger charge is -2.22. The van der Waals surface area contributed by atoms with Crippen LogP contribution in [0.3, 0.4) is 0 Å². The van der Waals surface area contributed by atoms with Crippen molar-refractivity contribution in [2.24, 2.45) is 0 Å². The molecule has 0 fully saturated rings. The molecule has 0 unspecified atom stereocenters. The number of carbonyl (C=O) groups is 1. The van der Waals surface area contributed by atoms with Crippen molar-refractivity contribution in [2.45, 2.75) is 20.3 Å². The van der Waals surface area contributed by atoms with E-state index in [1.165, 1.54) is 6.07 Å². The van der Waals surface area contributed by atoms with Crippen molar-refractivity contribution in [1.82, 2.24) is 14.3 Å². The third kappa shape index (κ3) is 4.86. The van der Waals surface area contributed by atoms with Gasteiger partial charge in [0, 0.05) is 39.1 Å². The molecule has 0 aliphatic heterocycles. The summed E-state index contributed by atoms with van der Waals surface area (Å²) in [5.41, 5.74) is 4.62. The second kappa shape index (κ2) is 9.82. The highest BCUT2D eigenvalue weighted by Crippen LogP contribution is 2.27. The van der Waals surface area contributed by atoms with E-state index in [-0.39, 0.29) is 18.1 Å². The number of fused-ring (bicyclic) bond motifs is 1. The van der Waals surface area contributed by atoms with Crippen LogP contribution in [0.5, 0.6) is 0 Å². The summed E-state index contributed by atoms with van der Waals surface area (Å²) in [6.45, 7) is 5.59. The number of nitrogens with zero attached hydrogens (tertiary/aromatic N) is 3. The SMILES string of the molecule is COCCN(CCOC)C(=O)Cc1c(-c2ccc(F)c(C)c2)nc2ccc(C)cn12. The first-order valence-electron chi connectivity index (χ1n) is 9.94. The Kier molecular flexibility index (Phi) is 7.18. The zero-order valence-corrected chi connectivity index (χ0v) is 17.9. The maximum Gasteiger partial charge on any atom is 0.228 e. The summed E-state index contributed by atoms with van der Waals surface area (Å²) in [4.78, 5) is 19.7. The van der Waals surface area contributed by atoms with Gasteiger partial charge in [0.2, 0.25) is 5.91 Å². The van der Waals surface area contributed by atoms with Crippen LogP contribution in [0.1, 0.15) is 16.8 Å². The number of imidazole rings is 1. The molecule has 2 aromatic heterocycles. The third-order valence-corrected chi connectivity index (χ3v) is 5.10. The Morgan fingerprint density at radius 3 is 2.43 bits per heavy atom. The molecule has 1 aromatic carbocycles. The van der Waals surface area contributed by atoms with Gasteiger partial charge in [-0.2, -0.15) is 0 Å². The Morgan fingerprint density at radius 2 is 1.80 bits per heavy atom. The van der Waals surface area contributed by atoms with Crippen molar-refractivity contribution in [1.29, 1.82) is 0 Å². The molecule has 160 valence electrons. The molecular weight excluding hydrogens is 385 g/mol. The highest BCUT2D eigenvalue weighted by molar-refractivity contribution is 5.82. The molecule has 6 nitrogen and oxygen atoms in total. The predicted molar refractivity (Wildman–Crippen MR) is 114 cm³/mol. The fourth-order valence-corrected chi connectivity index (χ4v) is 3.41. The smallest absolute Gasteiger partial charge is 0.228 e. The Morgan fingerprint density at radius 1 is 1.10 bits per heavy atom. The van der Waals surface area contributed by atoms with Crippen molar-refractivity contribution < 1.29 is 18.7 Å². The van der Waals surface area contributed by atoms with E-state index in [0.717, 1.165) is 22.5 Å². The number of halogens is 1. The van der Waals surface area contributed by atoms with Gasteiger partial charge in [-0.3, -0.25) is 4.79 Å².